The van der Waals surface area contributed by atoms with Crippen molar-refractivity contribution in [2.24, 2.45) is 0 Å². The molecule has 0 aromatic heterocycles. The van der Waals surface area contributed by atoms with Gasteiger partial charge in [0.2, 0.25) is 0 Å². The van der Waals surface area contributed by atoms with Crippen LogP contribution >= 0.6 is 11.6 Å². The first-order chi connectivity index (χ1) is 17.4. The van der Waals surface area contributed by atoms with E-state index in [0.717, 1.165) is 38.5 Å². The monoisotopic (exact) mass is 522 g/mol. The number of likely N-dealkylation sites (tertiary alicyclic amines) is 2. The Hall–Kier alpha value is -2.29. The van der Waals surface area contributed by atoms with E-state index in [1.807, 2.05) is 0 Å². The molecule has 0 radical (unpaired) electrons. The van der Waals surface area contributed by atoms with Crippen LogP contribution in [-0.2, 0) is 0 Å². The molecule has 2 heterocycles. The molecule has 2 aliphatic rings. The van der Waals surface area contributed by atoms with Gasteiger partial charge in [0.25, 0.3) is 0 Å². The van der Waals surface area contributed by atoms with Gasteiger partial charge in [-0.05, 0) is 101 Å². The summed E-state index contributed by atoms with van der Waals surface area (Å²) in [6.07, 6.45) is 6.93. The Morgan fingerprint density at radius 3 is 2.36 bits per heavy atom. The molecular weight excluding hydrogens is 489 g/mol. The molecule has 4 rings (SSSR count). The highest BCUT2D eigenvalue weighted by atomic mass is 35.5. The van der Waals surface area contributed by atoms with E-state index in [1.54, 1.807) is 6.07 Å². The fraction of sp³-hybridized carbons (Fsp3) is 0.519. The van der Waals surface area contributed by atoms with Gasteiger partial charge in [0.1, 0.15) is 5.82 Å². The maximum atomic E-state index is 14.0. The van der Waals surface area contributed by atoms with Gasteiger partial charge in [0.05, 0.1) is 5.02 Å². The Bertz CT molecular complexity index is 1030. The number of nitrogens with one attached hydrogen (secondary N) is 2. The van der Waals surface area contributed by atoms with E-state index in [9.17, 15) is 18.0 Å². The molecule has 2 aromatic carbocycles. The van der Waals surface area contributed by atoms with Crippen LogP contribution in [0.2, 0.25) is 5.02 Å². The number of piperidine rings is 2. The lowest BCUT2D eigenvalue weighted by molar-refractivity contribution is 0.0912. The zero-order chi connectivity index (χ0) is 25.5. The smallest absolute Gasteiger partial charge is 0.319 e. The van der Waals surface area contributed by atoms with Crippen LogP contribution in [-0.4, -0.2) is 61.1 Å². The number of hydrogen-bond acceptors (Lipinski definition) is 3. The summed E-state index contributed by atoms with van der Waals surface area (Å²) >= 11 is 5.78. The number of benzene rings is 2. The van der Waals surface area contributed by atoms with Crippen LogP contribution in [0.5, 0.6) is 0 Å². The second-order valence-corrected chi connectivity index (χ2v) is 10.2. The summed E-state index contributed by atoms with van der Waals surface area (Å²) in [5.41, 5.74) is 1.00. The Morgan fingerprint density at radius 2 is 1.67 bits per heavy atom. The minimum Gasteiger partial charge on any atom is -0.337 e. The van der Waals surface area contributed by atoms with Crippen LogP contribution in [0.25, 0.3) is 0 Å². The normalized spacial score (nSPS) is 18.7. The SMILES string of the molecule is O=C(NCC(CCN1CCC(N2CCCCC2)CC1)c1ccc(F)c(F)c1)Nc1ccc(F)c(Cl)c1. The molecule has 0 spiro atoms. The zero-order valence-corrected chi connectivity index (χ0v) is 21.2. The Morgan fingerprint density at radius 1 is 0.944 bits per heavy atom. The molecule has 0 bridgehead atoms. The van der Waals surface area contributed by atoms with E-state index in [2.05, 4.69) is 20.4 Å². The largest absolute Gasteiger partial charge is 0.337 e. The molecule has 0 saturated carbocycles. The number of carbonyl (C=O) groups is 1. The van der Waals surface area contributed by atoms with E-state index in [1.165, 1.54) is 56.6 Å². The molecule has 9 heteroatoms. The Kier molecular flexibility index (Phi) is 9.51. The average Bonchev–Trinajstić information content (AvgIpc) is 2.89. The number of anilines is 1. The first-order valence-electron chi connectivity index (χ1n) is 12.8. The maximum absolute atomic E-state index is 14.0. The second kappa shape index (κ2) is 12.8. The highest BCUT2D eigenvalue weighted by Gasteiger charge is 2.26. The van der Waals surface area contributed by atoms with E-state index in [0.29, 0.717) is 23.7 Å². The molecular formula is C27H34ClF3N4O. The first-order valence-corrected chi connectivity index (χ1v) is 13.2. The highest BCUT2D eigenvalue weighted by molar-refractivity contribution is 6.31. The summed E-state index contributed by atoms with van der Waals surface area (Å²) in [7, 11) is 0. The number of halogens is 4. The summed E-state index contributed by atoms with van der Waals surface area (Å²) in [6, 6.07) is 8.02. The third-order valence-corrected chi connectivity index (χ3v) is 7.65. The molecule has 2 saturated heterocycles. The van der Waals surface area contributed by atoms with Crippen LogP contribution in [0.3, 0.4) is 0 Å². The second-order valence-electron chi connectivity index (χ2n) is 9.79. The third-order valence-electron chi connectivity index (χ3n) is 7.36. The minimum atomic E-state index is -0.898. The van der Waals surface area contributed by atoms with Crippen molar-refractivity contribution in [3.63, 3.8) is 0 Å². The van der Waals surface area contributed by atoms with Crippen molar-refractivity contribution in [2.75, 3.05) is 44.6 Å². The van der Waals surface area contributed by atoms with Crippen LogP contribution in [0, 0.1) is 17.5 Å². The molecule has 1 atom stereocenters. The number of amides is 2. The molecule has 2 N–H and O–H groups in total. The van der Waals surface area contributed by atoms with Crippen molar-refractivity contribution < 1.29 is 18.0 Å². The maximum Gasteiger partial charge on any atom is 0.319 e. The van der Waals surface area contributed by atoms with Crippen molar-refractivity contribution in [1.82, 2.24) is 15.1 Å². The van der Waals surface area contributed by atoms with Crippen LogP contribution in [0.15, 0.2) is 36.4 Å². The summed E-state index contributed by atoms with van der Waals surface area (Å²) in [6.45, 7) is 5.51. The van der Waals surface area contributed by atoms with Crippen molar-refractivity contribution >= 4 is 23.3 Å². The van der Waals surface area contributed by atoms with E-state index < -0.39 is 23.5 Å². The molecule has 2 aliphatic heterocycles. The lowest BCUT2D eigenvalue weighted by atomic mass is 9.94. The molecule has 0 aliphatic carbocycles. The van der Waals surface area contributed by atoms with Crippen LogP contribution < -0.4 is 10.6 Å². The van der Waals surface area contributed by atoms with Gasteiger partial charge in [-0.2, -0.15) is 0 Å². The summed E-state index contributed by atoms with van der Waals surface area (Å²) in [5, 5.41) is 5.35. The number of rotatable bonds is 8. The molecule has 2 fully saturated rings. The zero-order valence-electron chi connectivity index (χ0n) is 20.4. The predicted octanol–water partition coefficient (Wildman–Crippen LogP) is 6.00. The molecule has 2 aromatic rings. The van der Waals surface area contributed by atoms with E-state index in [-0.39, 0.29) is 17.5 Å². The number of hydrogen-bond donors (Lipinski definition) is 2. The molecule has 1 unspecified atom stereocenters. The fourth-order valence-electron chi connectivity index (χ4n) is 5.25. The molecule has 196 valence electrons. The van der Waals surface area contributed by atoms with Gasteiger partial charge in [-0.25, -0.2) is 18.0 Å². The topological polar surface area (TPSA) is 47.6 Å². The third kappa shape index (κ3) is 7.37. The van der Waals surface area contributed by atoms with Crippen molar-refractivity contribution in [2.45, 2.75) is 50.5 Å². The molecule has 36 heavy (non-hydrogen) atoms. The number of carbonyl (C=O) groups excluding carboxylic acids is 1. The summed E-state index contributed by atoms with van der Waals surface area (Å²) < 4.78 is 40.9. The van der Waals surface area contributed by atoms with Gasteiger partial charge in [-0.15, -0.1) is 0 Å². The summed E-state index contributed by atoms with van der Waals surface area (Å²) in [5.74, 6) is -2.55. The quantitative estimate of drug-likeness (QED) is 0.447. The predicted molar refractivity (Wildman–Crippen MR) is 137 cm³/mol. The highest BCUT2D eigenvalue weighted by Crippen LogP contribution is 2.25. The Balaban J connectivity index is 1.32. The lowest BCUT2D eigenvalue weighted by Crippen LogP contribution is -2.47. The average molecular weight is 523 g/mol. The van der Waals surface area contributed by atoms with E-state index in [4.69, 9.17) is 11.6 Å². The van der Waals surface area contributed by atoms with Crippen molar-refractivity contribution in [3.8, 4) is 0 Å². The van der Waals surface area contributed by atoms with Gasteiger partial charge >= 0.3 is 6.03 Å². The molecule has 5 nitrogen and oxygen atoms in total. The minimum absolute atomic E-state index is 0.0866. The standard InChI is InChI=1S/C27H34ClF3N4O/c28-23-17-21(5-7-24(23)29)33-27(36)32-18-20(19-4-6-25(30)26(31)16-19)8-13-34-14-9-22(10-15-34)35-11-2-1-3-12-35/h4-7,16-17,20,22H,1-3,8-15,18H2,(H2,32,33,36). The fourth-order valence-corrected chi connectivity index (χ4v) is 5.43. The summed E-state index contributed by atoms with van der Waals surface area (Å²) in [4.78, 5) is 17.5. The molecule has 2 amide bonds. The van der Waals surface area contributed by atoms with Crippen LogP contribution in [0.1, 0.15) is 50.0 Å². The van der Waals surface area contributed by atoms with Gasteiger partial charge in [-0.3, -0.25) is 0 Å². The van der Waals surface area contributed by atoms with Gasteiger partial charge in [0, 0.05) is 24.2 Å². The van der Waals surface area contributed by atoms with Crippen molar-refractivity contribution in [3.05, 3.63) is 64.4 Å². The Labute approximate surface area is 216 Å². The number of nitrogens with zero attached hydrogens (tertiary/aromatic N) is 2. The van der Waals surface area contributed by atoms with E-state index >= 15 is 0 Å². The first kappa shape index (κ1) is 26.8. The van der Waals surface area contributed by atoms with Crippen LogP contribution in [0.4, 0.5) is 23.7 Å². The number of urea groups is 1. The van der Waals surface area contributed by atoms with Gasteiger partial charge < -0.3 is 20.4 Å². The van der Waals surface area contributed by atoms with Gasteiger partial charge in [-0.1, -0.05) is 24.1 Å². The van der Waals surface area contributed by atoms with Crippen molar-refractivity contribution in [1.29, 1.82) is 0 Å². The van der Waals surface area contributed by atoms with Gasteiger partial charge in [0.15, 0.2) is 11.6 Å². The lowest BCUT2D eigenvalue weighted by Gasteiger charge is -2.40.